The van der Waals surface area contributed by atoms with Gasteiger partial charge in [-0.1, -0.05) is 0 Å². The number of hydrogen-bond donors (Lipinski definition) is 1. The van der Waals surface area contributed by atoms with Gasteiger partial charge in [0.25, 0.3) is 0 Å². The summed E-state index contributed by atoms with van der Waals surface area (Å²) in [7, 11) is 0. The van der Waals surface area contributed by atoms with Crippen LogP contribution in [0.5, 0.6) is 0 Å². The van der Waals surface area contributed by atoms with Crippen LogP contribution >= 0.6 is 0 Å². The number of rotatable bonds is 3. The maximum absolute atomic E-state index is 13.4. The molecule has 2 aliphatic rings. The first kappa shape index (κ1) is 15.8. The van der Waals surface area contributed by atoms with E-state index in [2.05, 4.69) is 19.8 Å². The lowest BCUT2D eigenvalue weighted by molar-refractivity contribution is 0.0690. The van der Waals surface area contributed by atoms with E-state index in [1.165, 1.54) is 18.5 Å². The fourth-order valence-electron chi connectivity index (χ4n) is 3.78. The molecule has 0 aliphatic carbocycles. The highest BCUT2D eigenvalue weighted by molar-refractivity contribution is 5.84. The van der Waals surface area contributed by atoms with Crippen LogP contribution in [0.1, 0.15) is 28.9 Å². The lowest BCUT2D eigenvalue weighted by Crippen LogP contribution is -2.44. The van der Waals surface area contributed by atoms with Crippen molar-refractivity contribution in [2.45, 2.75) is 25.3 Å². The standard InChI is InChI=1S/C18H19FN4O2/c19-13-1-2-16-12(9-13)3-8-23(16)14-4-6-22(7-5-14)17-11-20-15(10-21-17)18(24)25/h1-2,9-11,14H,3-8H2,(H,24,25). The number of piperidine rings is 1. The highest BCUT2D eigenvalue weighted by Gasteiger charge is 2.29. The molecule has 7 heteroatoms. The quantitative estimate of drug-likeness (QED) is 0.923. The number of aromatic carboxylic acids is 1. The zero-order valence-electron chi connectivity index (χ0n) is 13.7. The predicted molar refractivity (Wildman–Crippen MR) is 91.7 cm³/mol. The van der Waals surface area contributed by atoms with Gasteiger partial charge in [0.1, 0.15) is 11.6 Å². The lowest BCUT2D eigenvalue weighted by atomic mass is 10.0. The van der Waals surface area contributed by atoms with Crippen LogP contribution in [0.2, 0.25) is 0 Å². The third-order valence-electron chi connectivity index (χ3n) is 5.06. The SMILES string of the molecule is O=C(O)c1cnc(N2CCC(N3CCc4cc(F)ccc43)CC2)cn1. The summed E-state index contributed by atoms with van der Waals surface area (Å²) >= 11 is 0. The summed E-state index contributed by atoms with van der Waals surface area (Å²) in [6, 6.07) is 5.50. The Morgan fingerprint density at radius 2 is 1.96 bits per heavy atom. The fourth-order valence-corrected chi connectivity index (χ4v) is 3.78. The van der Waals surface area contributed by atoms with Gasteiger partial charge in [0.15, 0.2) is 5.69 Å². The number of carbonyl (C=O) groups is 1. The second kappa shape index (κ2) is 6.31. The lowest BCUT2D eigenvalue weighted by Gasteiger charge is -2.38. The van der Waals surface area contributed by atoms with Crippen molar-refractivity contribution in [3.63, 3.8) is 0 Å². The largest absolute Gasteiger partial charge is 0.476 e. The van der Waals surface area contributed by atoms with Crippen molar-refractivity contribution >= 4 is 17.5 Å². The molecule has 0 radical (unpaired) electrons. The maximum atomic E-state index is 13.4. The van der Waals surface area contributed by atoms with Gasteiger partial charge in [-0.2, -0.15) is 0 Å². The minimum absolute atomic E-state index is 0.0421. The predicted octanol–water partition coefficient (Wildman–Crippen LogP) is 2.35. The van der Waals surface area contributed by atoms with E-state index in [1.54, 1.807) is 6.07 Å². The van der Waals surface area contributed by atoms with E-state index in [0.717, 1.165) is 50.1 Å². The van der Waals surface area contributed by atoms with Crippen molar-refractivity contribution in [1.82, 2.24) is 9.97 Å². The number of hydrogen-bond acceptors (Lipinski definition) is 5. The van der Waals surface area contributed by atoms with Crippen molar-refractivity contribution in [2.75, 3.05) is 29.4 Å². The highest BCUT2D eigenvalue weighted by atomic mass is 19.1. The Hall–Kier alpha value is -2.70. The zero-order chi connectivity index (χ0) is 17.4. The highest BCUT2D eigenvalue weighted by Crippen LogP contribution is 2.33. The first-order chi connectivity index (χ1) is 12.1. The van der Waals surface area contributed by atoms with E-state index in [4.69, 9.17) is 5.11 Å². The number of halogens is 1. The number of aromatic nitrogens is 2. The van der Waals surface area contributed by atoms with Gasteiger partial charge in [-0.15, -0.1) is 0 Å². The summed E-state index contributed by atoms with van der Waals surface area (Å²) in [6.07, 6.45) is 5.69. The van der Waals surface area contributed by atoms with Gasteiger partial charge in [0.2, 0.25) is 0 Å². The normalized spacial score (nSPS) is 17.6. The monoisotopic (exact) mass is 342 g/mol. The molecule has 0 spiro atoms. The van der Waals surface area contributed by atoms with Crippen LogP contribution in [0.25, 0.3) is 0 Å². The van der Waals surface area contributed by atoms with Crippen LogP contribution in [-0.4, -0.2) is 46.7 Å². The molecule has 1 aromatic carbocycles. The first-order valence-corrected chi connectivity index (χ1v) is 8.47. The molecule has 0 unspecified atom stereocenters. The van der Waals surface area contributed by atoms with Crippen molar-refractivity contribution in [2.24, 2.45) is 0 Å². The number of carboxylic acid groups (broad SMARTS) is 1. The number of anilines is 2. The van der Waals surface area contributed by atoms with Crippen LogP contribution in [0.3, 0.4) is 0 Å². The molecule has 1 fully saturated rings. The van der Waals surface area contributed by atoms with Crippen LogP contribution in [0, 0.1) is 5.82 Å². The molecule has 1 aromatic heterocycles. The molecule has 1 N–H and O–H groups in total. The van der Waals surface area contributed by atoms with Crippen LogP contribution < -0.4 is 9.80 Å². The van der Waals surface area contributed by atoms with Gasteiger partial charge < -0.3 is 14.9 Å². The summed E-state index contributed by atoms with van der Waals surface area (Å²) in [5.41, 5.74) is 2.21. The molecule has 2 aliphatic heterocycles. The molecule has 0 atom stereocenters. The third-order valence-corrected chi connectivity index (χ3v) is 5.06. The number of nitrogens with zero attached hydrogens (tertiary/aromatic N) is 4. The van der Waals surface area contributed by atoms with E-state index in [1.807, 2.05) is 6.07 Å². The van der Waals surface area contributed by atoms with E-state index in [9.17, 15) is 9.18 Å². The summed E-state index contributed by atoms with van der Waals surface area (Å²) < 4.78 is 13.4. The average Bonchev–Trinajstić information content (AvgIpc) is 3.05. The molecule has 1 saturated heterocycles. The summed E-state index contributed by atoms with van der Waals surface area (Å²) in [6.45, 7) is 2.63. The van der Waals surface area contributed by atoms with Crippen LogP contribution in [0.4, 0.5) is 15.9 Å². The van der Waals surface area contributed by atoms with E-state index in [-0.39, 0.29) is 11.5 Å². The molecule has 4 rings (SSSR count). The van der Waals surface area contributed by atoms with Crippen molar-refractivity contribution < 1.29 is 14.3 Å². The van der Waals surface area contributed by atoms with Crippen LogP contribution in [0.15, 0.2) is 30.6 Å². The Kier molecular flexibility index (Phi) is 3.99. The zero-order valence-corrected chi connectivity index (χ0v) is 13.7. The minimum atomic E-state index is -1.07. The maximum Gasteiger partial charge on any atom is 0.356 e. The Morgan fingerprint density at radius 3 is 2.64 bits per heavy atom. The summed E-state index contributed by atoms with van der Waals surface area (Å²) in [5, 5.41) is 8.89. The summed E-state index contributed by atoms with van der Waals surface area (Å²) in [5.74, 6) is -0.520. The topological polar surface area (TPSA) is 69.6 Å². The molecule has 2 aromatic rings. The minimum Gasteiger partial charge on any atom is -0.476 e. The summed E-state index contributed by atoms with van der Waals surface area (Å²) in [4.78, 5) is 23.5. The second-order valence-corrected chi connectivity index (χ2v) is 6.50. The fraction of sp³-hybridized carbons (Fsp3) is 0.389. The van der Waals surface area contributed by atoms with Gasteiger partial charge >= 0.3 is 5.97 Å². The molecule has 0 amide bonds. The molecule has 6 nitrogen and oxygen atoms in total. The van der Waals surface area contributed by atoms with E-state index in [0.29, 0.717) is 11.9 Å². The number of fused-ring (bicyclic) bond motifs is 1. The third kappa shape index (κ3) is 3.01. The van der Waals surface area contributed by atoms with E-state index >= 15 is 0 Å². The van der Waals surface area contributed by atoms with Gasteiger partial charge in [-0.25, -0.2) is 19.2 Å². The molecule has 0 saturated carbocycles. The average molecular weight is 342 g/mol. The van der Waals surface area contributed by atoms with E-state index < -0.39 is 5.97 Å². The molecule has 130 valence electrons. The smallest absolute Gasteiger partial charge is 0.356 e. The molecular formula is C18H19FN4O2. The van der Waals surface area contributed by atoms with Gasteiger partial charge in [0, 0.05) is 31.4 Å². The Labute approximate surface area is 144 Å². The molecular weight excluding hydrogens is 323 g/mol. The number of carboxylic acids is 1. The molecule has 3 heterocycles. The Bertz CT molecular complexity index is 788. The van der Waals surface area contributed by atoms with Crippen molar-refractivity contribution in [3.05, 3.63) is 47.7 Å². The first-order valence-electron chi connectivity index (χ1n) is 8.47. The van der Waals surface area contributed by atoms with Crippen LogP contribution in [-0.2, 0) is 6.42 Å². The Balaban J connectivity index is 1.42. The van der Waals surface area contributed by atoms with Gasteiger partial charge in [0.05, 0.1) is 12.4 Å². The van der Waals surface area contributed by atoms with Crippen molar-refractivity contribution in [1.29, 1.82) is 0 Å². The van der Waals surface area contributed by atoms with Gasteiger partial charge in [-0.3, -0.25) is 0 Å². The second-order valence-electron chi connectivity index (χ2n) is 6.50. The Morgan fingerprint density at radius 1 is 1.16 bits per heavy atom. The van der Waals surface area contributed by atoms with Gasteiger partial charge in [-0.05, 0) is 43.0 Å². The molecule has 0 bridgehead atoms. The molecule has 25 heavy (non-hydrogen) atoms. The number of benzene rings is 1. The van der Waals surface area contributed by atoms with Crippen molar-refractivity contribution in [3.8, 4) is 0 Å².